The van der Waals surface area contributed by atoms with E-state index >= 15 is 0 Å². The van der Waals surface area contributed by atoms with Gasteiger partial charge in [-0.2, -0.15) is 0 Å². The maximum atomic E-state index is 5.31. The van der Waals surface area contributed by atoms with Crippen LogP contribution in [-0.2, 0) is 17.7 Å². The highest BCUT2D eigenvalue weighted by Crippen LogP contribution is 2.06. The summed E-state index contributed by atoms with van der Waals surface area (Å²) >= 11 is 0. The minimum atomic E-state index is 0.776. The molecule has 0 radical (unpaired) electrons. The van der Waals surface area contributed by atoms with Crippen LogP contribution in [0.3, 0.4) is 0 Å². The quantitative estimate of drug-likeness (QED) is 0.713. The maximum absolute atomic E-state index is 5.31. The molecule has 0 saturated heterocycles. The molecule has 0 aliphatic heterocycles. The number of nitrogens with zero attached hydrogens (tertiary/aromatic N) is 3. The maximum Gasteiger partial charge on any atom is 0.202 e. The molecule has 2 aromatic rings. The zero-order valence-corrected chi connectivity index (χ0v) is 12.0. The third kappa shape index (κ3) is 4.66. The van der Waals surface area contributed by atoms with E-state index in [1.165, 1.54) is 0 Å². The summed E-state index contributed by atoms with van der Waals surface area (Å²) in [6.45, 7) is 5.33. The summed E-state index contributed by atoms with van der Waals surface area (Å²) in [5.41, 5.74) is 1.10. The number of pyridine rings is 1. The Kier molecular flexibility index (Phi) is 6.05. The molecule has 5 nitrogen and oxygen atoms in total. The Hall–Kier alpha value is -1.88. The zero-order valence-electron chi connectivity index (χ0n) is 12.0. The molecule has 108 valence electrons. The van der Waals surface area contributed by atoms with E-state index in [-0.39, 0.29) is 0 Å². The Bertz CT molecular complexity index is 484. The first-order chi connectivity index (χ1) is 9.90. The van der Waals surface area contributed by atoms with Crippen molar-refractivity contribution in [3.05, 3.63) is 42.5 Å². The number of nitrogens with one attached hydrogen (secondary N) is 1. The Balaban J connectivity index is 1.76. The lowest BCUT2D eigenvalue weighted by Gasteiger charge is -2.09. The first-order valence-corrected chi connectivity index (χ1v) is 7.13. The second-order valence-electron chi connectivity index (χ2n) is 4.49. The van der Waals surface area contributed by atoms with Crippen molar-refractivity contribution < 1.29 is 4.74 Å². The molecule has 0 saturated carbocycles. The fourth-order valence-electron chi connectivity index (χ4n) is 1.96. The van der Waals surface area contributed by atoms with Crippen LogP contribution in [0.2, 0.25) is 0 Å². The van der Waals surface area contributed by atoms with Crippen molar-refractivity contribution in [2.24, 2.45) is 0 Å². The van der Waals surface area contributed by atoms with E-state index in [0.717, 1.165) is 50.8 Å². The lowest BCUT2D eigenvalue weighted by atomic mass is 10.3. The normalized spacial score (nSPS) is 10.7. The molecule has 2 heterocycles. The minimum absolute atomic E-state index is 0.776. The molecule has 0 atom stereocenters. The van der Waals surface area contributed by atoms with Gasteiger partial charge in [-0.25, -0.2) is 4.98 Å². The fourth-order valence-corrected chi connectivity index (χ4v) is 1.96. The van der Waals surface area contributed by atoms with Crippen molar-refractivity contribution in [1.82, 2.24) is 14.5 Å². The monoisotopic (exact) mass is 274 g/mol. The number of aryl methyl sites for hydroxylation is 2. The topological polar surface area (TPSA) is 52.0 Å². The smallest absolute Gasteiger partial charge is 0.202 e. The van der Waals surface area contributed by atoms with Gasteiger partial charge in [0, 0.05) is 57.0 Å². The molecule has 0 aromatic carbocycles. The first kappa shape index (κ1) is 14.5. The van der Waals surface area contributed by atoms with Gasteiger partial charge in [-0.15, -0.1) is 0 Å². The molecule has 2 rings (SSSR count). The predicted molar refractivity (Wildman–Crippen MR) is 79.8 cm³/mol. The van der Waals surface area contributed by atoms with Gasteiger partial charge >= 0.3 is 0 Å². The van der Waals surface area contributed by atoms with E-state index in [0.29, 0.717) is 0 Å². The van der Waals surface area contributed by atoms with Crippen molar-refractivity contribution in [3.63, 3.8) is 0 Å². The van der Waals surface area contributed by atoms with Gasteiger partial charge in [-0.1, -0.05) is 6.07 Å². The van der Waals surface area contributed by atoms with E-state index < -0.39 is 0 Å². The minimum Gasteiger partial charge on any atom is -0.382 e. The largest absolute Gasteiger partial charge is 0.382 e. The number of ether oxygens (including phenoxy) is 1. The summed E-state index contributed by atoms with van der Waals surface area (Å²) in [5, 5.41) is 3.34. The van der Waals surface area contributed by atoms with E-state index in [2.05, 4.69) is 19.9 Å². The lowest BCUT2D eigenvalue weighted by molar-refractivity contribution is 0.147. The highest BCUT2D eigenvalue weighted by Gasteiger charge is 2.02. The molecule has 5 heteroatoms. The molecule has 0 aliphatic carbocycles. The lowest BCUT2D eigenvalue weighted by Crippen LogP contribution is -2.11. The number of rotatable bonds is 9. The van der Waals surface area contributed by atoms with Crippen molar-refractivity contribution in [1.29, 1.82) is 0 Å². The predicted octanol–water partition coefficient (Wildman–Crippen LogP) is 2.36. The van der Waals surface area contributed by atoms with E-state index in [9.17, 15) is 0 Å². The molecule has 1 N–H and O–H groups in total. The molecule has 0 bridgehead atoms. The highest BCUT2D eigenvalue weighted by atomic mass is 16.5. The molecule has 0 spiro atoms. The van der Waals surface area contributed by atoms with E-state index in [1.54, 1.807) is 0 Å². The third-order valence-corrected chi connectivity index (χ3v) is 3.00. The second kappa shape index (κ2) is 8.32. The van der Waals surface area contributed by atoms with Crippen LogP contribution in [0.25, 0.3) is 0 Å². The van der Waals surface area contributed by atoms with Crippen LogP contribution in [0.15, 0.2) is 36.8 Å². The van der Waals surface area contributed by atoms with Crippen LogP contribution in [0.5, 0.6) is 0 Å². The average molecular weight is 274 g/mol. The van der Waals surface area contributed by atoms with Crippen LogP contribution >= 0.6 is 0 Å². The summed E-state index contributed by atoms with van der Waals surface area (Å²) in [7, 11) is 0. The van der Waals surface area contributed by atoms with Gasteiger partial charge in [0.05, 0.1) is 0 Å². The van der Waals surface area contributed by atoms with Crippen LogP contribution in [0.4, 0.5) is 5.95 Å². The Morgan fingerprint density at radius 2 is 2.20 bits per heavy atom. The zero-order chi connectivity index (χ0) is 14.0. The van der Waals surface area contributed by atoms with Crippen molar-refractivity contribution >= 4 is 5.95 Å². The van der Waals surface area contributed by atoms with Gasteiger partial charge in [-0.05, 0) is 25.5 Å². The molecule has 0 unspecified atom stereocenters. The first-order valence-electron chi connectivity index (χ1n) is 7.13. The number of hydrogen-bond donors (Lipinski definition) is 1. The van der Waals surface area contributed by atoms with Crippen LogP contribution < -0.4 is 5.32 Å². The Morgan fingerprint density at radius 3 is 3.00 bits per heavy atom. The molecule has 0 aliphatic rings. The molecule has 0 amide bonds. The summed E-state index contributed by atoms with van der Waals surface area (Å²) in [6, 6.07) is 6.00. The Morgan fingerprint density at radius 1 is 1.25 bits per heavy atom. The van der Waals surface area contributed by atoms with Crippen LogP contribution in [-0.4, -0.2) is 34.3 Å². The standard InChI is InChI=1S/C15H22N4O/c1-2-20-13-5-9-17-15-18-10-12-19(15)11-7-14-6-3-4-8-16-14/h3-4,6,8,10,12H,2,5,7,9,11,13H2,1H3,(H,17,18). The molecular weight excluding hydrogens is 252 g/mol. The molecule has 20 heavy (non-hydrogen) atoms. The second-order valence-corrected chi connectivity index (χ2v) is 4.49. The van der Waals surface area contributed by atoms with Gasteiger partial charge in [0.25, 0.3) is 0 Å². The summed E-state index contributed by atoms with van der Waals surface area (Å²) in [5.74, 6) is 0.914. The third-order valence-electron chi connectivity index (χ3n) is 3.00. The molecular formula is C15H22N4O. The number of anilines is 1. The van der Waals surface area contributed by atoms with Crippen LogP contribution in [0, 0.1) is 0 Å². The van der Waals surface area contributed by atoms with Crippen molar-refractivity contribution in [2.75, 3.05) is 25.1 Å². The number of imidazole rings is 1. The van der Waals surface area contributed by atoms with Crippen molar-refractivity contribution in [3.8, 4) is 0 Å². The molecule has 2 aromatic heterocycles. The van der Waals surface area contributed by atoms with Crippen molar-refractivity contribution in [2.45, 2.75) is 26.3 Å². The SMILES string of the molecule is CCOCCCNc1nccn1CCc1ccccn1. The number of aromatic nitrogens is 3. The average Bonchev–Trinajstić information content (AvgIpc) is 2.93. The highest BCUT2D eigenvalue weighted by molar-refractivity contribution is 5.25. The Labute approximate surface area is 120 Å². The molecule has 0 fully saturated rings. The van der Waals surface area contributed by atoms with E-state index in [1.807, 2.05) is 43.7 Å². The summed E-state index contributed by atoms with van der Waals surface area (Å²) in [4.78, 5) is 8.67. The van der Waals surface area contributed by atoms with Gasteiger partial charge in [0.1, 0.15) is 0 Å². The summed E-state index contributed by atoms with van der Waals surface area (Å²) in [6.07, 6.45) is 7.54. The van der Waals surface area contributed by atoms with Gasteiger partial charge in [0.15, 0.2) is 0 Å². The van der Waals surface area contributed by atoms with Gasteiger partial charge in [0.2, 0.25) is 5.95 Å². The van der Waals surface area contributed by atoms with Gasteiger partial charge in [-0.3, -0.25) is 4.98 Å². The summed E-state index contributed by atoms with van der Waals surface area (Å²) < 4.78 is 7.43. The van der Waals surface area contributed by atoms with E-state index in [4.69, 9.17) is 4.74 Å². The van der Waals surface area contributed by atoms with Crippen LogP contribution in [0.1, 0.15) is 19.0 Å². The number of hydrogen-bond acceptors (Lipinski definition) is 4. The van der Waals surface area contributed by atoms with Gasteiger partial charge < -0.3 is 14.6 Å². The fraction of sp³-hybridized carbons (Fsp3) is 0.467.